The quantitative estimate of drug-likeness (QED) is 0.554. The molecule has 1 N–H and O–H groups in total. The van der Waals surface area contributed by atoms with Gasteiger partial charge in [-0.15, -0.1) is 0 Å². The maximum Gasteiger partial charge on any atom is 0.155 e. The van der Waals surface area contributed by atoms with E-state index in [1.54, 1.807) is 6.92 Å². The highest BCUT2D eigenvalue weighted by Gasteiger charge is 2.26. The van der Waals surface area contributed by atoms with Gasteiger partial charge in [-0.05, 0) is 12.1 Å². The molecule has 23 heavy (non-hydrogen) atoms. The van der Waals surface area contributed by atoms with E-state index in [4.69, 9.17) is 9.02 Å². The third kappa shape index (κ3) is 5.30. The highest BCUT2D eigenvalue weighted by molar-refractivity contribution is 9.10. The van der Waals surface area contributed by atoms with Gasteiger partial charge in [0.15, 0.2) is 11.1 Å². The Balaban J connectivity index is 1.79. The molecule has 1 aliphatic rings. The first kappa shape index (κ1) is 18.4. The minimum Gasteiger partial charge on any atom is -0.288 e. The lowest BCUT2D eigenvalue weighted by Gasteiger charge is -2.12. The number of aliphatic imine (C=N–C) groups is 1. The van der Waals surface area contributed by atoms with Crippen LogP contribution < -0.4 is 5.48 Å². The fourth-order valence-corrected chi connectivity index (χ4v) is 3.00. The van der Waals surface area contributed by atoms with E-state index in [1.807, 2.05) is 0 Å². The summed E-state index contributed by atoms with van der Waals surface area (Å²) in [4.78, 5) is 9.32. The van der Waals surface area contributed by atoms with E-state index in [0.717, 1.165) is 0 Å². The molecule has 2 rings (SSSR count). The number of hydroxylamine groups is 1. The molecule has 128 valence electrons. The largest absolute Gasteiger partial charge is 0.288 e. The normalized spacial score (nSPS) is 18.8. The van der Waals surface area contributed by atoms with E-state index in [1.165, 1.54) is 12.1 Å². The second-order valence-electron chi connectivity index (χ2n) is 4.84. The second kappa shape index (κ2) is 8.81. The topological polar surface area (TPSA) is 59.9 Å². The van der Waals surface area contributed by atoms with Crippen LogP contribution >= 0.6 is 15.9 Å². The van der Waals surface area contributed by atoms with Crippen LogP contribution in [0.25, 0.3) is 0 Å². The molecule has 5 nitrogen and oxygen atoms in total. The van der Waals surface area contributed by atoms with Crippen LogP contribution in [0.1, 0.15) is 24.8 Å². The van der Waals surface area contributed by atoms with Crippen LogP contribution in [0.2, 0.25) is 0 Å². The molecule has 1 aromatic carbocycles. The molecule has 0 bridgehead atoms. The van der Waals surface area contributed by atoms with Gasteiger partial charge in [0.1, 0.15) is 17.5 Å². The zero-order valence-corrected chi connectivity index (χ0v) is 14.9. The first-order valence-corrected chi connectivity index (χ1v) is 9.12. The van der Waals surface area contributed by atoms with E-state index in [-0.39, 0.29) is 31.2 Å². The minimum absolute atomic E-state index is 0.0374. The standard InChI is InChI=1S/C14H17BrF2N2O3S/c1-2-23(20)22-4-3-21-19-13-5-9(8-18-13)14-11(16)6-10(15)7-12(14)17/h6-7,9H,2-5,8H2,1H3,(H,18,19)/t9-,23?/m0/s1. The monoisotopic (exact) mass is 410 g/mol. The Morgan fingerprint density at radius 1 is 1.39 bits per heavy atom. The SMILES string of the molecule is CCS(=O)OCCONC1=NC[C@@H](c2c(F)cc(Br)cc2F)C1. The Hall–Kier alpha value is -0.900. The zero-order valence-electron chi connectivity index (χ0n) is 12.5. The lowest BCUT2D eigenvalue weighted by molar-refractivity contribution is 0.0618. The van der Waals surface area contributed by atoms with Crippen molar-refractivity contribution in [2.75, 3.05) is 25.5 Å². The summed E-state index contributed by atoms with van der Waals surface area (Å²) in [5, 5.41) is 0. The number of rotatable bonds is 7. The number of nitrogens with zero attached hydrogens (tertiary/aromatic N) is 1. The van der Waals surface area contributed by atoms with Gasteiger partial charge in [0, 0.05) is 34.7 Å². The summed E-state index contributed by atoms with van der Waals surface area (Å²) in [6.45, 7) is 2.41. The van der Waals surface area contributed by atoms with Gasteiger partial charge in [-0.3, -0.25) is 19.5 Å². The fraction of sp³-hybridized carbons (Fsp3) is 0.500. The van der Waals surface area contributed by atoms with Gasteiger partial charge in [-0.25, -0.2) is 13.0 Å². The van der Waals surface area contributed by atoms with Crippen molar-refractivity contribution in [1.82, 2.24) is 5.48 Å². The summed E-state index contributed by atoms with van der Waals surface area (Å²) in [7, 11) is 0. The summed E-state index contributed by atoms with van der Waals surface area (Å²) < 4.78 is 44.2. The maximum atomic E-state index is 13.9. The Morgan fingerprint density at radius 2 is 2.09 bits per heavy atom. The van der Waals surface area contributed by atoms with Crippen LogP contribution in [0.5, 0.6) is 0 Å². The maximum absolute atomic E-state index is 13.9. The van der Waals surface area contributed by atoms with Gasteiger partial charge in [0.25, 0.3) is 0 Å². The van der Waals surface area contributed by atoms with Crippen LogP contribution in [-0.4, -0.2) is 35.6 Å². The summed E-state index contributed by atoms with van der Waals surface area (Å²) in [6, 6.07) is 2.48. The minimum atomic E-state index is -1.30. The Bertz CT molecular complexity index is 593. The summed E-state index contributed by atoms with van der Waals surface area (Å²) in [6.07, 6.45) is 0.358. The van der Waals surface area contributed by atoms with Gasteiger partial charge in [0.05, 0.1) is 13.2 Å². The number of hydrogen-bond acceptors (Lipinski definition) is 5. The van der Waals surface area contributed by atoms with Gasteiger partial charge in [0.2, 0.25) is 0 Å². The molecule has 0 saturated heterocycles. The smallest absolute Gasteiger partial charge is 0.155 e. The van der Waals surface area contributed by atoms with Crippen molar-refractivity contribution in [1.29, 1.82) is 0 Å². The van der Waals surface area contributed by atoms with Gasteiger partial charge >= 0.3 is 0 Å². The number of nitrogens with one attached hydrogen (secondary N) is 1. The number of amidine groups is 1. The van der Waals surface area contributed by atoms with E-state index in [0.29, 0.717) is 22.5 Å². The highest BCUT2D eigenvalue weighted by Crippen LogP contribution is 2.31. The van der Waals surface area contributed by atoms with Crippen LogP contribution in [0.4, 0.5) is 8.78 Å². The van der Waals surface area contributed by atoms with E-state index < -0.39 is 22.7 Å². The summed E-state index contributed by atoms with van der Waals surface area (Å²) >= 11 is 1.76. The average molecular weight is 411 g/mol. The summed E-state index contributed by atoms with van der Waals surface area (Å²) in [5.41, 5.74) is 2.68. The van der Waals surface area contributed by atoms with Gasteiger partial charge < -0.3 is 0 Å². The summed E-state index contributed by atoms with van der Waals surface area (Å²) in [5.74, 6) is -0.595. The molecular weight excluding hydrogens is 394 g/mol. The van der Waals surface area contributed by atoms with Crippen molar-refractivity contribution in [3.05, 3.63) is 33.8 Å². The average Bonchev–Trinajstić information content (AvgIpc) is 2.94. The molecule has 0 saturated carbocycles. The number of benzene rings is 1. The third-order valence-corrected chi connectivity index (χ3v) is 4.58. The van der Waals surface area contributed by atoms with Crippen LogP contribution in [0.15, 0.2) is 21.6 Å². The molecule has 9 heteroatoms. The van der Waals surface area contributed by atoms with Gasteiger partial charge in [-0.2, -0.15) is 0 Å². The highest BCUT2D eigenvalue weighted by atomic mass is 79.9. The molecule has 0 spiro atoms. The fourth-order valence-electron chi connectivity index (χ4n) is 2.18. The molecular formula is C14H17BrF2N2O3S. The number of hydrogen-bond donors (Lipinski definition) is 1. The van der Waals surface area contributed by atoms with Crippen molar-refractivity contribution in [3.63, 3.8) is 0 Å². The van der Waals surface area contributed by atoms with Crippen LogP contribution in [0, 0.1) is 11.6 Å². The Kier molecular flexibility index (Phi) is 7.07. The third-order valence-electron chi connectivity index (χ3n) is 3.22. The second-order valence-corrected chi connectivity index (χ2v) is 7.17. The lowest BCUT2D eigenvalue weighted by atomic mass is 9.96. The molecule has 1 unspecified atom stereocenters. The van der Waals surface area contributed by atoms with Crippen molar-refractivity contribution >= 4 is 32.8 Å². The molecule has 0 radical (unpaired) electrons. The molecule has 1 aliphatic heterocycles. The van der Waals surface area contributed by atoms with Crippen LogP contribution in [0.3, 0.4) is 0 Å². The predicted octanol–water partition coefficient (Wildman–Crippen LogP) is 2.83. The first-order chi connectivity index (χ1) is 11.0. The molecule has 1 aromatic rings. The van der Waals surface area contributed by atoms with Crippen molar-refractivity contribution in [3.8, 4) is 0 Å². The van der Waals surface area contributed by atoms with E-state index >= 15 is 0 Å². The van der Waals surface area contributed by atoms with E-state index in [9.17, 15) is 13.0 Å². The molecule has 0 aromatic heterocycles. The Labute approximate surface area is 144 Å². The van der Waals surface area contributed by atoms with Crippen molar-refractivity contribution in [2.45, 2.75) is 19.3 Å². The first-order valence-electron chi connectivity index (χ1n) is 7.08. The molecule has 2 atom stereocenters. The molecule has 0 fully saturated rings. The predicted molar refractivity (Wildman–Crippen MR) is 87.4 cm³/mol. The molecule has 1 heterocycles. The lowest BCUT2D eigenvalue weighted by Crippen LogP contribution is -2.25. The van der Waals surface area contributed by atoms with Crippen molar-refractivity contribution in [2.24, 2.45) is 4.99 Å². The zero-order chi connectivity index (χ0) is 16.8. The number of halogens is 3. The van der Waals surface area contributed by atoms with E-state index in [2.05, 4.69) is 26.4 Å². The van der Waals surface area contributed by atoms with Crippen molar-refractivity contribution < 1.29 is 22.0 Å². The Morgan fingerprint density at radius 3 is 2.74 bits per heavy atom. The molecule has 0 aliphatic carbocycles. The van der Waals surface area contributed by atoms with Crippen LogP contribution in [-0.2, 0) is 20.1 Å². The van der Waals surface area contributed by atoms with Gasteiger partial charge in [-0.1, -0.05) is 22.9 Å². The molecule has 0 amide bonds.